The second-order valence-electron chi connectivity index (χ2n) is 5.99. The quantitative estimate of drug-likeness (QED) is 0.803. The number of hydrogen-bond donors (Lipinski definition) is 1. The van der Waals surface area contributed by atoms with Crippen LogP contribution in [0.25, 0.3) is 0 Å². The molecule has 2 saturated heterocycles. The molecule has 0 aromatic heterocycles. The summed E-state index contributed by atoms with van der Waals surface area (Å²) >= 11 is 0. The highest BCUT2D eigenvalue weighted by Gasteiger charge is 2.55. The fraction of sp³-hybridized carbons (Fsp3) is 0.429. The van der Waals surface area contributed by atoms with E-state index in [0.29, 0.717) is 6.07 Å². The summed E-state index contributed by atoms with van der Waals surface area (Å²) in [7, 11) is 0. The first-order valence-electron chi connectivity index (χ1n) is 6.75. The van der Waals surface area contributed by atoms with Crippen molar-refractivity contribution in [2.75, 3.05) is 26.2 Å². The molecule has 0 atom stereocenters. The number of likely N-dealkylation sites (tertiary alicyclic amines) is 2. The maximum absolute atomic E-state index is 13.1. The lowest BCUT2D eigenvalue weighted by molar-refractivity contribution is -0.138. The number of carboxylic acid groups (broad SMARTS) is 1. The minimum absolute atomic E-state index is 0.199. The van der Waals surface area contributed by atoms with Crippen molar-refractivity contribution in [3.8, 4) is 0 Å². The van der Waals surface area contributed by atoms with Crippen LogP contribution in [0.4, 0.5) is 22.4 Å². The highest BCUT2D eigenvalue weighted by Crippen LogP contribution is 2.41. The van der Waals surface area contributed by atoms with Crippen molar-refractivity contribution in [3.05, 3.63) is 35.1 Å². The Balaban J connectivity index is 1.73. The van der Waals surface area contributed by atoms with Gasteiger partial charge in [-0.2, -0.15) is 13.2 Å². The Morgan fingerprint density at radius 2 is 1.65 bits per heavy atom. The molecule has 2 fully saturated rings. The van der Waals surface area contributed by atoms with Gasteiger partial charge in [0.1, 0.15) is 5.82 Å². The molecule has 1 aromatic carbocycles. The van der Waals surface area contributed by atoms with Crippen LogP contribution >= 0.6 is 0 Å². The summed E-state index contributed by atoms with van der Waals surface area (Å²) in [6.07, 6.45) is -5.88. The number of carbonyl (C=O) groups excluding carboxylic acids is 1. The topological polar surface area (TPSA) is 60.9 Å². The second-order valence-corrected chi connectivity index (χ2v) is 5.99. The fourth-order valence-corrected chi connectivity index (χ4v) is 3.11. The molecule has 0 unspecified atom stereocenters. The van der Waals surface area contributed by atoms with Crippen molar-refractivity contribution in [3.63, 3.8) is 0 Å². The molecular weight excluding hydrogens is 320 g/mol. The van der Waals surface area contributed by atoms with E-state index in [2.05, 4.69) is 0 Å². The molecule has 1 aromatic rings. The van der Waals surface area contributed by atoms with E-state index in [1.807, 2.05) is 0 Å². The summed E-state index contributed by atoms with van der Waals surface area (Å²) < 4.78 is 51.9. The van der Waals surface area contributed by atoms with E-state index in [9.17, 15) is 27.2 Å². The van der Waals surface area contributed by atoms with Crippen LogP contribution in [0.2, 0.25) is 0 Å². The molecule has 1 N–H and O–H groups in total. The molecule has 2 amide bonds. The second kappa shape index (κ2) is 4.84. The van der Waals surface area contributed by atoms with Crippen molar-refractivity contribution < 1.29 is 32.3 Å². The van der Waals surface area contributed by atoms with Crippen LogP contribution in [0.15, 0.2) is 18.2 Å². The third kappa shape index (κ3) is 2.60. The molecule has 2 heterocycles. The van der Waals surface area contributed by atoms with Gasteiger partial charge < -0.3 is 14.9 Å². The van der Waals surface area contributed by atoms with Crippen LogP contribution in [0, 0.1) is 11.2 Å². The third-order valence-electron chi connectivity index (χ3n) is 4.18. The van der Waals surface area contributed by atoms with Gasteiger partial charge in [0.2, 0.25) is 0 Å². The van der Waals surface area contributed by atoms with E-state index in [1.165, 1.54) is 9.80 Å². The lowest BCUT2D eigenvalue weighted by atomic mass is 9.72. The van der Waals surface area contributed by atoms with Gasteiger partial charge in [-0.25, -0.2) is 9.18 Å². The number of benzene rings is 1. The Hall–Kier alpha value is -2.32. The van der Waals surface area contributed by atoms with Crippen LogP contribution < -0.4 is 0 Å². The third-order valence-corrected chi connectivity index (χ3v) is 4.18. The standard InChI is InChI=1S/C14H12F4N2O3/c15-8-1-2-9(10(3-8)14(16,17)18)11(21)19-4-13(5-19)6-20(7-13)12(22)23/h1-3H,4-7H2,(H,22,23). The summed E-state index contributed by atoms with van der Waals surface area (Å²) in [5.74, 6) is -1.89. The molecule has 23 heavy (non-hydrogen) atoms. The summed E-state index contributed by atoms with van der Waals surface area (Å²) in [6.45, 7) is 0.928. The maximum Gasteiger partial charge on any atom is 0.417 e. The number of halogens is 4. The van der Waals surface area contributed by atoms with E-state index in [1.54, 1.807) is 0 Å². The largest absolute Gasteiger partial charge is 0.465 e. The van der Waals surface area contributed by atoms with Gasteiger partial charge in [-0.15, -0.1) is 0 Å². The van der Waals surface area contributed by atoms with Gasteiger partial charge >= 0.3 is 12.3 Å². The number of carbonyl (C=O) groups is 2. The number of nitrogens with zero attached hydrogens (tertiary/aromatic N) is 2. The number of hydrogen-bond acceptors (Lipinski definition) is 2. The zero-order valence-electron chi connectivity index (χ0n) is 11.7. The number of amides is 2. The number of alkyl halides is 3. The minimum atomic E-state index is -4.83. The van der Waals surface area contributed by atoms with Gasteiger partial charge in [0.25, 0.3) is 5.91 Å². The average molecular weight is 332 g/mol. The summed E-state index contributed by atoms with van der Waals surface area (Å²) in [5.41, 5.74) is -2.25. The van der Waals surface area contributed by atoms with Crippen LogP contribution in [-0.4, -0.2) is 53.1 Å². The lowest BCUT2D eigenvalue weighted by Crippen LogP contribution is -2.73. The minimum Gasteiger partial charge on any atom is -0.465 e. The molecule has 0 radical (unpaired) electrons. The summed E-state index contributed by atoms with van der Waals surface area (Å²) in [5, 5.41) is 8.77. The first kappa shape index (κ1) is 15.6. The first-order chi connectivity index (χ1) is 10.6. The molecule has 1 spiro atoms. The molecule has 3 rings (SSSR count). The van der Waals surface area contributed by atoms with Crippen molar-refractivity contribution in [1.82, 2.24) is 9.80 Å². The highest BCUT2D eigenvalue weighted by atomic mass is 19.4. The summed E-state index contributed by atoms with van der Waals surface area (Å²) in [4.78, 5) is 25.3. The predicted molar refractivity (Wildman–Crippen MR) is 69.3 cm³/mol. The zero-order chi connectivity index (χ0) is 17.0. The van der Waals surface area contributed by atoms with Crippen molar-refractivity contribution >= 4 is 12.0 Å². The van der Waals surface area contributed by atoms with Gasteiger partial charge in [0.15, 0.2) is 0 Å². The van der Waals surface area contributed by atoms with Gasteiger partial charge in [0.05, 0.1) is 11.1 Å². The monoisotopic (exact) mass is 332 g/mol. The van der Waals surface area contributed by atoms with Crippen molar-refractivity contribution in [2.45, 2.75) is 6.18 Å². The average Bonchev–Trinajstić information content (AvgIpc) is 2.33. The van der Waals surface area contributed by atoms with Gasteiger partial charge in [-0.05, 0) is 18.2 Å². The van der Waals surface area contributed by atoms with Crippen molar-refractivity contribution in [2.24, 2.45) is 5.41 Å². The lowest BCUT2D eigenvalue weighted by Gasteiger charge is -2.59. The van der Waals surface area contributed by atoms with Gasteiger partial charge in [0, 0.05) is 31.6 Å². The Bertz CT molecular complexity index is 675. The van der Waals surface area contributed by atoms with Crippen LogP contribution in [0.3, 0.4) is 0 Å². The van der Waals surface area contributed by atoms with Crippen LogP contribution in [0.5, 0.6) is 0 Å². The molecule has 0 saturated carbocycles. The molecule has 0 aliphatic carbocycles. The van der Waals surface area contributed by atoms with E-state index in [-0.39, 0.29) is 31.6 Å². The summed E-state index contributed by atoms with van der Waals surface area (Å²) in [6, 6.07) is 1.95. The molecule has 0 bridgehead atoms. The van der Waals surface area contributed by atoms with Crippen LogP contribution in [-0.2, 0) is 6.18 Å². The van der Waals surface area contributed by atoms with E-state index in [0.717, 1.165) is 12.1 Å². The Morgan fingerprint density at radius 3 is 2.17 bits per heavy atom. The maximum atomic E-state index is 13.1. The van der Waals surface area contributed by atoms with E-state index >= 15 is 0 Å². The Labute approximate surface area is 128 Å². The van der Waals surface area contributed by atoms with Crippen molar-refractivity contribution in [1.29, 1.82) is 0 Å². The molecular formula is C14H12F4N2O3. The first-order valence-corrected chi connectivity index (χ1v) is 6.75. The zero-order valence-corrected chi connectivity index (χ0v) is 11.7. The molecule has 2 aliphatic rings. The van der Waals surface area contributed by atoms with E-state index in [4.69, 9.17) is 5.11 Å². The van der Waals surface area contributed by atoms with Crippen LogP contribution in [0.1, 0.15) is 15.9 Å². The fourth-order valence-electron chi connectivity index (χ4n) is 3.11. The SMILES string of the molecule is O=C(O)N1CC2(C1)CN(C(=O)c1ccc(F)cc1C(F)(F)F)C2. The highest BCUT2D eigenvalue weighted by molar-refractivity contribution is 5.96. The van der Waals surface area contributed by atoms with Gasteiger partial charge in [-0.3, -0.25) is 4.79 Å². The molecule has 124 valence electrons. The van der Waals surface area contributed by atoms with E-state index < -0.39 is 35.1 Å². The Morgan fingerprint density at radius 1 is 1.09 bits per heavy atom. The van der Waals surface area contributed by atoms with Gasteiger partial charge in [-0.1, -0.05) is 0 Å². The molecule has 5 nitrogen and oxygen atoms in total. The number of rotatable bonds is 1. The smallest absolute Gasteiger partial charge is 0.417 e. The predicted octanol–water partition coefficient (Wildman–Crippen LogP) is 2.28. The normalized spacial score (nSPS) is 19.3. The Kier molecular flexibility index (Phi) is 3.27. The molecule has 2 aliphatic heterocycles. The molecule has 9 heteroatoms.